The molecule has 8 heteroatoms. The van der Waals surface area contributed by atoms with Crippen LogP contribution in [0, 0.1) is 10.8 Å². The van der Waals surface area contributed by atoms with Crippen LogP contribution in [0.4, 0.5) is 0 Å². The Morgan fingerprint density at radius 1 is 0.778 bits per heavy atom. The second kappa shape index (κ2) is 14.8. The molecule has 0 aromatic carbocycles. The van der Waals surface area contributed by atoms with E-state index in [0.717, 1.165) is 0 Å². The van der Waals surface area contributed by atoms with Crippen molar-refractivity contribution in [3.05, 3.63) is 0 Å². The molecule has 0 heterocycles. The Kier molecular flexibility index (Phi) is 16.7. The number of aliphatic hydroxyl groups excluding tert-OH is 2. The van der Waals surface area contributed by atoms with Crippen molar-refractivity contribution in [2.24, 2.45) is 10.8 Å². The van der Waals surface area contributed by atoms with Crippen LogP contribution in [-0.2, 0) is 19.1 Å². The van der Waals surface area contributed by atoms with Crippen molar-refractivity contribution in [3.63, 3.8) is 0 Å². The number of hydrogen-bond donors (Lipinski definition) is 4. The van der Waals surface area contributed by atoms with E-state index in [1.807, 2.05) is 6.92 Å². The van der Waals surface area contributed by atoms with Gasteiger partial charge in [-0.25, -0.2) is 0 Å². The predicted octanol–water partition coefficient (Wildman–Crippen LogP) is 2.40. The lowest BCUT2D eigenvalue weighted by atomic mass is 9.98. The summed E-state index contributed by atoms with van der Waals surface area (Å²) in [5.41, 5.74) is -1.17. The standard InChI is InChI=1S/C9H20O4.2C5H10O2/c1-7(11)5-12-9(3)6-13-8(2)4-10;2*1-5(2,3)4(6)7/h7-11H,4-6H2,1-3H3;2*1-3H3,(H,6,7). The lowest BCUT2D eigenvalue weighted by molar-refractivity contribution is -0.146. The fraction of sp³-hybridized carbons (Fsp3) is 0.895. The van der Waals surface area contributed by atoms with Crippen LogP contribution in [0.1, 0.15) is 62.3 Å². The minimum atomic E-state index is -0.757. The van der Waals surface area contributed by atoms with E-state index in [9.17, 15) is 9.59 Å². The minimum Gasteiger partial charge on any atom is -0.481 e. The monoisotopic (exact) mass is 396 g/mol. The van der Waals surface area contributed by atoms with Gasteiger partial charge in [-0.05, 0) is 62.3 Å². The van der Waals surface area contributed by atoms with E-state index in [0.29, 0.717) is 13.2 Å². The van der Waals surface area contributed by atoms with Crippen LogP contribution in [0.15, 0.2) is 0 Å². The largest absolute Gasteiger partial charge is 0.481 e. The fourth-order valence-corrected chi connectivity index (χ4v) is 0.704. The number of hydrogen-bond acceptors (Lipinski definition) is 6. The first-order chi connectivity index (χ1) is 11.9. The molecule has 0 saturated carbocycles. The Balaban J connectivity index is -0.000000350. The molecule has 4 N–H and O–H groups in total. The van der Waals surface area contributed by atoms with Crippen LogP contribution in [0.2, 0.25) is 0 Å². The predicted molar refractivity (Wildman–Crippen MR) is 104 cm³/mol. The molecule has 0 aliphatic carbocycles. The summed E-state index contributed by atoms with van der Waals surface area (Å²) in [4.78, 5) is 20.0. The molecule has 0 radical (unpaired) electrons. The van der Waals surface area contributed by atoms with Gasteiger partial charge in [0, 0.05) is 0 Å². The number of carbonyl (C=O) groups is 2. The SMILES string of the molecule is CC(C)(C)C(=O)O.CC(C)(C)C(=O)O.CC(O)COC(C)COC(C)CO. The van der Waals surface area contributed by atoms with Gasteiger partial charge in [-0.1, -0.05) is 0 Å². The highest BCUT2D eigenvalue weighted by atomic mass is 16.5. The van der Waals surface area contributed by atoms with E-state index in [1.165, 1.54) is 0 Å². The van der Waals surface area contributed by atoms with Gasteiger partial charge in [-0.2, -0.15) is 0 Å². The topological polar surface area (TPSA) is 134 Å². The summed E-state index contributed by atoms with van der Waals surface area (Å²) in [7, 11) is 0. The second-order valence-corrected chi connectivity index (χ2v) is 8.43. The van der Waals surface area contributed by atoms with Crippen molar-refractivity contribution in [2.45, 2.75) is 80.6 Å². The molecule has 8 nitrogen and oxygen atoms in total. The van der Waals surface area contributed by atoms with E-state index >= 15 is 0 Å². The maximum atomic E-state index is 10.0. The van der Waals surface area contributed by atoms with Crippen LogP contribution < -0.4 is 0 Å². The summed E-state index contributed by atoms with van der Waals surface area (Å²) >= 11 is 0. The van der Waals surface area contributed by atoms with E-state index in [-0.39, 0.29) is 18.8 Å². The Morgan fingerprint density at radius 3 is 1.30 bits per heavy atom. The van der Waals surface area contributed by atoms with Crippen LogP contribution >= 0.6 is 0 Å². The average molecular weight is 397 g/mol. The zero-order chi connectivity index (χ0) is 22.4. The normalized spacial score (nSPS) is 14.6. The molecule has 3 atom stereocenters. The molecule has 27 heavy (non-hydrogen) atoms. The fourth-order valence-electron chi connectivity index (χ4n) is 0.704. The Bertz CT molecular complexity index is 369. The molecule has 0 amide bonds. The van der Waals surface area contributed by atoms with Gasteiger partial charge in [0.2, 0.25) is 0 Å². The van der Waals surface area contributed by atoms with Crippen molar-refractivity contribution in [1.82, 2.24) is 0 Å². The van der Waals surface area contributed by atoms with Crippen molar-refractivity contribution < 1.29 is 39.5 Å². The molecular weight excluding hydrogens is 356 g/mol. The summed E-state index contributed by atoms with van der Waals surface area (Å²) in [5.74, 6) is -1.51. The van der Waals surface area contributed by atoms with Crippen LogP contribution in [0.25, 0.3) is 0 Å². The Morgan fingerprint density at radius 2 is 1.07 bits per heavy atom. The molecule has 0 saturated heterocycles. The van der Waals surface area contributed by atoms with Crippen LogP contribution in [0.3, 0.4) is 0 Å². The first-order valence-corrected chi connectivity index (χ1v) is 8.94. The molecule has 0 bridgehead atoms. The maximum Gasteiger partial charge on any atom is 0.308 e. The molecule has 0 aromatic heterocycles. The van der Waals surface area contributed by atoms with Gasteiger partial charge in [0.25, 0.3) is 0 Å². The highest BCUT2D eigenvalue weighted by Crippen LogP contribution is 2.11. The smallest absolute Gasteiger partial charge is 0.308 e. The first-order valence-electron chi connectivity index (χ1n) is 8.94. The van der Waals surface area contributed by atoms with Crippen molar-refractivity contribution in [2.75, 3.05) is 19.8 Å². The van der Waals surface area contributed by atoms with Gasteiger partial charge >= 0.3 is 11.9 Å². The van der Waals surface area contributed by atoms with Crippen LogP contribution in [0.5, 0.6) is 0 Å². The molecular formula is C19H40O8. The van der Waals surface area contributed by atoms with Crippen molar-refractivity contribution >= 4 is 11.9 Å². The summed E-state index contributed by atoms with van der Waals surface area (Å²) < 4.78 is 10.5. The van der Waals surface area contributed by atoms with E-state index < -0.39 is 28.9 Å². The summed E-state index contributed by atoms with van der Waals surface area (Å²) in [6, 6.07) is 0. The zero-order valence-corrected chi connectivity index (χ0v) is 18.3. The second-order valence-electron chi connectivity index (χ2n) is 8.43. The van der Waals surface area contributed by atoms with Gasteiger partial charge < -0.3 is 29.9 Å². The molecule has 0 spiro atoms. The zero-order valence-electron chi connectivity index (χ0n) is 18.3. The van der Waals surface area contributed by atoms with E-state index in [4.69, 9.17) is 29.9 Å². The number of carboxylic acids is 2. The summed E-state index contributed by atoms with van der Waals surface area (Å²) in [6.07, 6.45) is -0.654. The third kappa shape index (κ3) is 24.8. The van der Waals surface area contributed by atoms with Crippen molar-refractivity contribution in [1.29, 1.82) is 0 Å². The Hall–Kier alpha value is -1.22. The number of rotatable bonds is 7. The number of aliphatic hydroxyl groups is 2. The van der Waals surface area contributed by atoms with Gasteiger partial charge in [0.15, 0.2) is 0 Å². The minimum absolute atomic E-state index is 0.0170. The number of carboxylic acid groups (broad SMARTS) is 2. The first kappa shape index (κ1) is 30.5. The van der Waals surface area contributed by atoms with E-state index in [2.05, 4.69) is 0 Å². The maximum absolute atomic E-state index is 10.0. The van der Waals surface area contributed by atoms with Crippen molar-refractivity contribution in [3.8, 4) is 0 Å². The molecule has 0 fully saturated rings. The molecule has 0 aromatic rings. The molecule has 3 unspecified atom stereocenters. The third-order valence-electron chi connectivity index (χ3n) is 2.78. The quantitative estimate of drug-likeness (QED) is 0.515. The third-order valence-corrected chi connectivity index (χ3v) is 2.78. The Labute approximate surface area is 163 Å². The van der Waals surface area contributed by atoms with E-state index in [1.54, 1.807) is 55.4 Å². The summed E-state index contributed by atoms with van der Waals surface area (Å²) in [5, 5.41) is 34.1. The van der Waals surface area contributed by atoms with Gasteiger partial charge in [-0.15, -0.1) is 0 Å². The van der Waals surface area contributed by atoms with Gasteiger partial charge in [-0.3, -0.25) is 9.59 Å². The average Bonchev–Trinajstić information content (AvgIpc) is 2.49. The summed E-state index contributed by atoms with van der Waals surface area (Å²) in [6.45, 7) is 16.1. The lowest BCUT2D eigenvalue weighted by Gasteiger charge is -2.16. The highest BCUT2D eigenvalue weighted by molar-refractivity contribution is 5.73. The van der Waals surface area contributed by atoms with Crippen LogP contribution in [-0.4, -0.2) is 70.5 Å². The van der Waals surface area contributed by atoms with Gasteiger partial charge in [0.05, 0.1) is 49.0 Å². The molecule has 164 valence electrons. The molecule has 0 aliphatic heterocycles. The van der Waals surface area contributed by atoms with Gasteiger partial charge in [0.1, 0.15) is 0 Å². The number of ether oxygens (including phenoxy) is 2. The lowest BCUT2D eigenvalue weighted by Crippen LogP contribution is -2.24. The molecule has 0 aliphatic rings. The highest BCUT2D eigenvalue weighted by Gasteiger charge is 2.19. The number of aliphatic carboxylic acids is 2. The molecule has 0 rings (SSSR count).